The fraction of sp³-hybridized carbons (Fsp3) is 0.692. The summed E-state index contributed by atoms with van der Waals surface area (Å²) in [7, 11) is 1.66. The number of nitrogens with two attached hydrogens (primary N) is 1. The molecule has 3 N–H and O–H groups in total. The molecule has 0 radical (unpaired) electrons. The summed E-state index contributed by atoms with van der Waals surface area (Å²) in [5.74, 6) is -0.0562. The van der Waals surface area contributed by atoms with E-state index in [1.807, 2.05) is 12.3 Å². The Balaban J connectivity index is 1.88. The minimum Gasteiger partial charge on any atom is -0.375 e. The Kier molecular flexibility index (Phi) is 4.54. The Bertz CT molecular complexity index is 441. The summed E-state index contributed by atoms with van der Waals surface area (Å²) < 4.78 is 5.21. The van der Waals surface area contributed by atoms with Gasteiger partial charge in [-0.1, -0.05) is 12.8 Å². The highest BCUT2D eigenvalue weighted by Gasteiger charge is 2.36. The maximum Gasteiger partial charge on any atom is 0.240 e. The summed E-state index contributed by atoms with van der Waals surface area (Å²) in [6.45, 7) is 2.39. The number of thiazole rings is 1. The molecule has 6 heteroatoms. The standard InChI is InChI=1S/C13H21N3O2S/c1-9(18-2)11-16-10(8-19-11)7-15-12(17)13(14)5-3-4-6-13/h8-9H,3-7,14H2,1-2H3,(H,15,17). The van der Waals surface area contributed by atoms with Crippen LogP contribution in [0.4, 0.5) is 0 Å². The van der Waals surface area contributed by atoms with Crippen LogP contribution in [0.2, 0.25) is 0 Å². The average molecular weight is 283 g/mol. The van der Waals surface area contributed by atoms with E-state index < -0.39 is 5.54 Å². The van der Waals surface area contributed by atoms with Crippen molar-refractivity contribution >= 4 is 17.2 Å². The molecular weight excluding hydrogens is 262 g/mol. The minimum absolute atomic E-state index is 0.00913. The summed E-state index contributed by atoms with van der Waals surface area (Å²) in [4.78, 5) is 16.5. The number of hydrogen-bond donors (Lipinski definition) is 2. The summed E-state index contributed by atoms with van der Waals surface area (Å²) in [6.07, 6.45) is 3.63. The molecule has 1 fully saturated rings. The molecule has 0 aromatic carbocycles. The van der Waals surface area contributed by atoms with Gasteiger partial charge < -0.3 is 15.8 Å². The van der Waals surface area contributed by atoms with Crippen LogP contribution < -0.4 is 11.1 Å². The van der Waals surface area contributed by atoms with Gasteiger partial charge in [0.1, 0.15) is 11.1 Å². The second kappa shape index (κ2) is 5.98. The molecule has 1 aliphatic rings. The molecule has 5 nitrogen and oxygen atoms in total. The van der Waals surface area contributed by atoms with Crippen LogP contribution in [0, 0.1) is 0 Å². The van der Waals surface area contributed by atoms with E-state index >= 15 is 0 Å². The van der Waals surface area contributed by atoms with Crippen molar-refractivity contribution in [3.8, 4) is 0 Å². The van der Waals surface area contributed by atoms with E-state index in [2.05, 4.69) is 10.3 Å². The van der Waals surface area contributed by atoms with Gasteiger partial charge in [0.25, 0.3) is 0 Å². The Labute approximate surface area is 117 Å². The Morgan fingerprint density at radius 2 is 2.32 bits per heavy atom. The maximum atomic E-state index is 12.1. The molecule has 1 aliphatic carbocycles. The predicted molar refractivity (Wildman–Crippen MR) is 74.8 cm³/mol. The Morgan fingerprint density at radius 3 is 2.95 bits per heavy atom. The molecule has 1 aromatic rings. The maximum absolute atomic E-state index is 12.1. The van der Waals surface area contributed by atoms with E-state index in [1.54, 1.807) is 18.4 Å². The van der Waals surface area contributed by atoms with Gasteiger partial charge in [0.2, 0.25) is 5.91 Å². The predicted octanol–water partition coefficient (Wildman–Crippen LogP) is 1.74. The first-order chi connectivity index (χ1) is 9.05. The van der Waals surface area contributed by atoms with Crippen molar-refractivity contribution in [2.24, 2.45) is 5.73 Å². The molecule has 1 saturated carbocycles. The summed E-state index contributed by atoms with van der Waals surface area (Å²) in [5.41, 5.74) is 6.28. The monoisotopic (exact) mass is 283 g/mol. The third kappa shape index (κ3) is 3.32. The molecule has 19 heavy (non-hydrogen) atoms. The smallest absolute Gasteiger partial charge is 0.240 e. The normalized spacial score (nSPS) is 19.3. The number of methoxy groups -OCH3 is 1. The fourth-order valence-electron chi connectivity index (χ4n) is 2.27. The van der Waals surface area contributed by atoms with Crippen molar-refractivity contribution in [3.05, 3.63) is 16.1 Å². The van der Waals surface area contributed by atoms with E-state index in [-0.39, 0.29) is 12.0 Å². The van der Waals surface area contributed by atoms with Gasteiger partial charge >= 0.3 is 0 Å². The van der Waals surface area contributed by atoms with Crippen LogP contribution in [-0.2, 0) is 16.1 Å². The number of amides is 1. The number of rotatable bonds is 5. The number of ether oxygens (including phenoxy) is 1. The first-order valence-corrected chi connectivity index (χ1v) is 7.47. The van der Waals surface area contributed by atoms with Crippen LogP contribution in [0.5, 0.6) is 0 Å². The van der Waals surface area contributed by atoms with E-state index in [4.69, 9.17) is 10.5 Å². The lowest BCUT2D eigenvalue weighted by atomic mass is 9.98. The van der Waals surface area contributed by atoms with E-state index in [1.165, 1.54) is 0 Å². The van der Waals surface area contributed by atoms with Crippen molar-refractivity contribution in [2.45, 2.75) is 50.8 Å². The highest BCUT2D eigenvalue weighted by atomic mass is 32.1. The summed E-state index contributed by atoms with van der Waals surface area (Å²) >= 11 is 1.55. The summed E-state index contributed by atoms with van der Waals surface area (Å²) in [5, 5.41) is 5.76. The van der Waals surface area contributed by atoms with Gasteiger partial charge in [0, 0.05) is 12.5 Å². The number of aromatic nitrogens is 1. The lowest BCUT2D eigenvalue weighted by molar-refractivity contribution is -0.126. The van der Waals surface area contributed by atoms with Crippen LogP contribution in [0.1, 0.15) is 49.4 Å². The van der Waals surface area contributed by atoms with E-state index in [0.29, 0.717) is 6.54 Å². The molecule has 1 amide bonds. The number of nitrogens with one attached hydrogen (secondary N) is 1. The van der Waals surface area contributed by atoms with Crippen LogP contribution in [0.25, 0.3) is 0 Å². The lowest BCUT2D eigenvalue weighted by Crippen LogP contribution is -2.51. The van der Waals surface area contributed by atoms with Gasteiger partial charge in [0.05, 0.1) is 17.8 Å². The quantitative estimate of drug-likeness (QED) is 0.863. The minimum atomic E-state index is -0.668. The molecule has 0 saturated heterocycles. The SMILES string of the molecule is COC(C)c1nc(CNC(=O)C2(N)CCCC2)cs1. The van der Waals surface area contributed by atoms with Crippen LogP contribution in [0.3, 0.4) is 0 Å². The zero-order valence-corrected chi connectivity index (χ0v) is 12.3. The van der Waals surface area contributed by atoms with Gasteiger partial charge in [-0.2, -0.15) is 0 Å². The van der Waals surface area contributed by atoms with Crippen LogP contribution in [-0.4, -0.2) is 23.5 Å². The van der Waals surface area contributed by atoms with Crippen molar-refractivity contribution in [1.82, 2.24) is 10.3 Å². The van der Waals surface area contributed by atoms with E-state index in [9.17, 15) is 4.79 Å². The molecular formula is C13H21N3O2S. The number of hydrogen-bond acceptors (Lipinski definition) is 5. The zero-order chi connectivity index (χ0) is 13.9. The molecule has 2 rings (SSSR count). The van der Waals surface area contributed by atoms with Crippen LogP contribution >= 0.6 is 11.3 Å². The fourth-order valence-corrected chi connectivity index (χ4v) is 3.12. The third-order valence-electron chi connectivity index (χ3n) is 3.65. The Hall–Kier alpha value is -0.980. The van der Waals surface area contributed by atoms with Gasteiger partial charge in [-0.15, -0.1) is 11.3 Å². The highest BCUT2D eigenvalue weighted by Crippen LogP contribution is 2.27. The first-order valence-electron chi connectivity index (χ1n) is 6.59. The average Bonchev–Trinajstić information content (AvgIpc) is 3.04. The molecule has 0 aliphatic heterocycles. The number of carbonyl (C=O) groups excluding carboxylic acids is 1. The van der Waals surface area contributed by atoms with Gasteiger partial charge in [-0.3, -0.25) is 4.79 Å². The molecule has 1 unspecified atom stereocenters. The van der Waals surface area contributed by atoms with Crippen molar-refractivity contribution in [3.63, 3.8) is 0 Å². The zero-order valence-electron chi connectivity index (χ0n) is 11.4. The van der Waals surface area contributed by atoms with Gasteiger partial charge in [-0.05, 0) is 19.8 Å². The first kappa shape index (κ1) is 14.4. The second-order valence-electron chi connectivity index (χ2n) is 5.10. The number of carbonyl (C=O) groups is 1. The molecule has 1 atom stereocenters. The molecule has 1 aromatic heterocycles. The second-order valence-corrected chi connectivity index (χ2v) is 5.99. The third-order valence-corrected chi connectivity index (χ3v) is 4.70. The largest absolute Gasteiger partial charge is 0.375 e. The lowest BCUT2D eigenvalue weighted by Gasteiger charge is -2.21. The van der Waals surface area contributed by atoms with Gasteiger partial charge in [0.15, 0.2) is 0 Å². The number of nitrogens with zero attached hydrogens (tertiary/aromatic N) is 1. The summed E-state index contributed by atoms with van der Waals surface area (Å²) in [6, 6.07) is 0. The van der Waals surface area contributed by atoms with Crippen LogP contribution in [0.15, 0.2) is 5.38 Å². The molecule has 0 spiro atoms. The van der Waals surface area contributed by atoms with Crippen molar-refractivity contribution < 1.29 is 9.53 Å². The Morgan fingerprint density at radius 1 is 1.63 bits per heavy atom. The molecule has 0 bridgehead atoms. The molecule has 106 valence electrons. The van der Waals surface area contributed by atoms with E-state index in [0.717, 1.165) is 36.4 Å². The van der Waals surface area contributed by atoms with Crippen molar-refractivity contribution in [1.29, 1.82) is 0 Å². The highest BCUT2D eigenvalue weighted by molar-refractivity contribution is 7.09. The topological polar surface area (TPSA) is 77.2 Å². The molecule has 1 heterocycles. The van der Waals surface area contributed by atoms with Gasteiger partial charge in [-0.25, -0.2) is 4.98 Å². The van der Waals surface area contributed by atoms with Crippen molar-refractivity contribution in [2.75, 3.05) is 7.11 Å².